The number of carbonyl (C=O) groups excluding carboxylic acids is 1. The normalized spacial score (nSPS) is 38.5. The Balaban J connectivity index is 1.46. The minimum absolute atomic E-state index is 0.113. The maximum absolute atomic E-state index is 12.3. The van der Waals surface area contributed by atoms with Crippen LogP contribution in [0.25, 0.3) is 0 Å². The van der Waals surface area contributed by atoms with Crippen LogP contribution in [-0.4, -0.2) is 87.8 Å². The molecule has 0 saturated carbocycles. The number of hydrogen-bond acceptors (Lipinski definition) is 10. The average Bonchev–Trinajstić information content (AvgIpc) is 3.14. The first kappa shape index (κ1) is 22.9. The molecule has 4 rings (SSSR count). The van der Waals surface area contributed by atoms with Crippen LogP contribution >= 0.6 is 0 Å². The van der Waals surface area contributed by atoms with Crippen molar-refractivity contribution in [1.82, 2.24) is 0 Å². The van der Waals surface area contributed by atoms with Gasteiger partial charge in [0.1, 0.15) is 31.0 Å². The van der Waals surface area contributed by atoms with Gasteiger partial charge >= 0.3 is 5.97 Å². The van der Waals surface area contributed by atoms with E-state index in [1.54, 1.807) is 42.5 Å². The van der Waals surface area contributed by atoms with Crippen molar-refractivity contribution in [3.63, 3.8) is 0 Å². The van der Waals surface area contributed by atoms with Gasteiger partial charge in [-0.3, -0.25) is 0 Å². The number of fused-ring (bicyclic) bond motifs is 1. The Morgan fingerprint density at radius 1 is 1.00 bits per heavy atom. The van der Waals surface area contributed by atoms with E-state index >= 15 is 0 Å². The second-order valence-corrected chi connectivity index (χ2v) is 7.94. The summed E-state index contributed by atoms with van der Waals surface area (Å²) in [7, 11) is 0. The minimum Gasteiger partial charge on any atom is -0.472 e. The Bertz CT molecular complexity index is 854. The third-order valence-electron chi connectivity index (χ3n) is 5.92. The molecule has 0 amide bonds. The van der Waals surface area contributed by atoms with Crippen molar-refractivity contribution in [3.05, 3.63) is 59.9 Å². The monoisotopic (exact) mass is 450 g/mol. The van der Waals surface area contributed by atoms with E-state index in [1.165, 1.54) is 6.26 Å². The molecular weight excluding hydrogens is 424 g/mol. The van der Waals surface area contributed by atoms with Gasteiger partial charge in [-0.25, -0.2) is 4.79 Å². The highest BCUT2D eigenvalue weighted by molar-refractivity contribution is 5.89. The van der Waals surface area contributed by atoms with Crippen LogP contribution in [0, 0.1) is 11.8 Å². The van der Waals surface area contributed by atoms with E-state index in [0.717, 1.165) is 0 Å². The van der Waals surface area contributed by atoms with Crippen molar-refractivity contribution in [1.29, 1.82) is 0 Å². The Morgan fingerprint density at radius 2 is 1.75 bits per heavy atom. The van der Waals surface area contributed by atoms with Crippen molar-refractivity contribution >= 4 is 5.97 Å². The maximum atomic E-state index is 12.3. The van der Waals surface area contributed by atoms with Gasteiger partial charge in [-0.15, -0.1) is 0 Å². The summed E-state index contributed by atoms with van der Waals surface area (Å²) in [6, 6.07) is 8.47. The number of esters is 1. The molecule has 5 N–H and O–H groups in total. The van der Waals surface area contributed by atoms with Gasteiger partial charge in [-0.1, -0.05) is 24.3 Å². The van der Waals surface area contributed by atoms with Crippen LogP contribution in [-0.2, 0) is 18.9 Å². The van der Waals surface area contributed by atoms with Crippen molar-refractivity contribution in [3.8, 4) is 0 Å². The highest BCUT2D eigenvalue weighted by Crippen LogP contribution is 2.41. The summed E-state index contributed by atoms with van der Waals surface area (Å²) in [5, 5.41) is 50.0. The molecule has 1 fully saturated rings. The molecule has 1 saturated heterocycles. The second kappa shape index (κ2) is 9.67. The van der Waals surface area contributed by atoms with Gasteiger partial charge in [0, 0.05) is 5.92 Å². The molecule has 32 heavy (non-hydrogen) atoms. The molecule has 2 heterocycles. The predicted molar refractivity (Wildman–Crippen MR) is 107 cm³/mol. The van der Waals surface area contributed by atoms with Gasteiger partial charge in [0.2, 0.25) is 6.29 Å². The van der Waals surface area contributed by atoms with E-state index in [4.69, 9.17) is 18.9 Å². The second-order valence-electron chi connectivity index (χ2n) is 7.94. The average molecular weight is 450 g/mol. The largest absolute Gasteiger partial charge is 0.472 e. The Hall–Kier alpha value is -2.31. The highest BCUT2D eigenvalue weighted by atomic mass is 16.8. The van der Waals surface area contributed by atoms with Gasteiger partial charge < -0.3 is 44.5 Å². The summed E-state index contributed by atoms with van der Waals surface area (Å²) in [5.41, 5.74) is 0.947. The third-order valence-corrected chi connectivity index (χ3v) is 5.92. The molecule has 2 aliphatic heterocycles. The lowest BCUT2D eigenvalue weighted by molar-refractivity contribution is -0.339. The summed E-state index contributed by atoms with van der Waals surface area (Å²) in [4.78, 5) is 12.3. The molecule has 1 aromatic carbocycles. The van der Waals surface area contributed by atoms with Crippen molar-refractivity contribution < 1.29 is 49.3 Å². The van der Waals surface area contributed by atoms with Crippen molar-refractivity contribution in [2.45, 2.75) is 43.1 Å². The standard InChI is InChI=1S/C22H26O10/c23-9-15-17(25)18(26)19(27)22(31-15)32-21-16-12(8-14(24)13(16)6-7-29-21)10-30-20(28)11-4-2-1-3-5-11/h1-8,13-19,21-27H,9-10H2/t13-,14+,15-,16+,17-,18-,19-,21+,22+/m0/s1. The Labute approximate surface area is 183 Å². The molecule has 0 aromatic heterocycles. The van der Waals surface area contributed by atoms with Gasteiger partial charge in [-0.2, -0.15) is 0 Å². The molecule has 1 aromatic rings. The third kappa shape index (κ3) is 4.44. The quantitative estimate of drug-likeness (QED) is 0.271. The van der Waals surface area contributed by atoms with Crippen LogP contribution in [0.15, 0.2) is 54.3 Å². The van der Waals surface area contributed by atoms with Gasteiger partial charge in [-0.05, 0) is 23.8 Å². The van der Waals surface area contributed by atoms with E-state index < -0.39 is 67.5 Å². The zero-order valence-corrected chi connectivity index (χ0v) is 17.0. The molecule has 3 aliphatic rings. The van der Waals surface area contributed by atoms with Crippen LogP contribution < -0.4 is 0 Å². The summed E-state index contributed by atoms with van der Waals surface area (Å²) >= 11 is 0. The van der Waals surface area contributed by atoms with Crippen molar-refractivity contribution in [2.75, 3.05) is 13.2 Å². The first-order valence-electron chi connectivity index (χ1n) is 10.3. The molecule has 0 bridgehead atoms. The molecule has 0 radical (unpaired) electrons. The number of aliphatic hydroxyl groups excluding tert-OH is 5. The van der Waals surface area contributed by atoms with Gasteiger partial charge in [0.25, 0.3) is 0 Å². The van der Waals surface area contributed by atoms with Crippen molar-refractivity contribution in [2.24, 2.45) is 11.8 Å². The number of aliphatic hydroxyl groups is 5. The van der Waals surface area contributed by atoms with Crippen LogP contribution in [0.1, 0.15) is 10.4 Å². The number of benzene rings is 1. The molecule has 0 unspecified atom stereocenters. The number of rotatable bonds is 6. The van der Waals surface area contributed by atoms with Crippen LogP contribution in [0.4, 0.5) is 0 Å². The molecule has 10 nitrogen and oxygen atoms in total. The Morgan fingerprint density at radius 3 is 2.47 bits per heavy atom. The molecule has 0 spiro atoms. The minimum atomic E-state index is -1.60. The SMILES string of the molecule is O=C(OCC1=C[C@@H](O)[C@@H]2C=CO[C@H](O[C@H]3O[C@@H](CO)[C@H](O)[C@H](O)[C@@H]3O)[C@H]12)c1ccccc1. The van der Waals surface area contributed by atoms with E-state index in [-0.39, 0.29) is 6.61 Å². The van der Waals surface area contributed by atoms with E-state index in [1.807, 2.05) is 0 Å². The summed E-state index contributed by atoms with van der Waals surface area (Å²) in [6.45, 7) is -0.709. The molecule has 1 aliphatic carbocycles. The Kier molecular flexibility index (Phi) is 6.91. The summed E-state index contributed by atoms with van der Waals surface area (Å²) in [6.07, 6.45) is -4.61. The van der Waals surface area contributed by atoms with Crippen LogP contribution in [0.3, 0.4) is 0 Å². The first-order chi connectivity index (χ1) is 15.4. The van der Waals surface area contributed by atoms with Gasteiger partial charge in [0.15, 0.2) is 6.29 Å². The van der Waals surface area contributed by atoms with Gasteiger partial charge in [0.05, 0.1) is 30.5 Å². The number of ether oxygens (including phenoxy) is 4. The fraction of sp³-hybridized carbons (Fsp3) is 0.500. The summed E-state index contributed by atoms with van der Waals surface area (Å²) < 4.78 is 22.1. The topological polar surface area (TPSA) is 155 Å². The highest BCUT2D eigenvalue weighted by Gasteiger charge is 2.49. The maximum Gasteiger partial charge on any atom is 0.338 e. The molecular formula is C22H26O10. The lowest BCUT2D eigenvalue weighted by Crippen LogP contribution is -2.60. The zero-order chi connectivity index (χ0) is 22.8. The molecule has 10 heteroatoms. The lowest BCUT2D eigenvalue weighted by Gasteiger charge is -2.42. The summed E-state index contributed by atoms with van der Waals surface area (Å²) in [5.74, 6) is -1.52. The molecule has 174 valence electrons. The van der Waals surface area contributed by atoms with E-state index in [0.29, 0.717) is 11.1 Å². The van der Waals surface area contributed by atoms with Crippen LogP contribution in [0.5, 0.6) is 0 Å². The molecule has 9 atom stereocenters. The predicted octanol–water partition coefficient (Wildman–Crippen LogP) is -0.937. The number of hydrogen-bond donors (Lipinski definition) is 5. The smallest absolute Gasteiger partial charge is 0.338 e. The van der Waals surface area contributed by atoms with E-state index in [2.05, 4.69) is 0 Å². The zero-order valence-electron chi connectivity index (χ0n) is 17.0. The first-order valence-corrected chi connectivity index (χ1v) is 10.3. The fourth-order valence-corrected chi connectivity index (χ4v) is 4.17. The number of carbonyl (C=O) groups is 1. The van der Waals surface area contributed by atoms with Crippen LogP contribution in [0.2, 0.25) is 0 Å². The van der Waals surface area contributed by atoms with E-state index in [9.17, 15) is 30.3 Å². The lowest BCUT2D eigenvalue weighted by atomic mass is 9.88. The fourth-order valence-electron chi connectivity index (χ4n) is 4.17.